The molecule has 0 bridgehead atoms. The van der Waals surface area contributed by atoms with Crippen LogP contribution in [0.15, 0.2) is 23.1 Å². The van der Waals surface area contributed by atoms with Crippen molar-refractivity contribution >= 4 is 21.6 Å². The fraction of sp³-hybridized carbons (Fsp3) is 0.538. The van der Waals surface area contributed by atoms with E-state index in [0.29, 0.717) is 6.61 Å². The zero-order valence-corrected chi connectivity index (χ0v) is 13.2. The Labute approximate surface area is 128 Å². The lowest BCUT2D eigenvalue weighted by Gasteiger charge is -2.28. The Morgan fingerprint density at radius 1 is 1.52 bits per heavy atom. The van der Waals surface area contributed by atoms with Gasteiger partial charge in [-0.2, -0.15) is 0 Å². The normalized spacial score (nSPS) is 22.6. The minimum atomic E-state index is -4.02. The maximum Gasteiger partial charge on any atom is 0.245 e. The summed E-state index contributed by atoms with van der Waals surface area (Å²) < 4.78 is 45.9. The Hall–Kier alpha value is -0.730. The molecule has 1 aliphatic rings. The van der Waals surface area contributed by atoms with Crippen molar-refractivity contribution in [2.45, 2.75) is 23.3 Å². The smallest absolute Gasteiger partial charge is 0.245 e. The first-order valence-corrected chi connectivity index (χ1v) is 8.44. The van der Waals surface area contributed by atoms with Crippen molar-refractivity contribution < 1.29 is 17.5 Å². The molecule has 2 N–H and O–H groups in total. The second-order valence-corrected chi connectivity index (χ2v) is 7.23. The molecular formula is C13H18ClFN2O3S. The lowest BCUT2D eigenvalue weighted by atomic mass is 9.99. The van der Waals surface area contributed by atoms with Crippen LogP contribution in [-0.4, -0.2) is 40.8 Å². The molecule has 8 heteroatoms. The van der Waals surface area contributed by atoms with E-state index in [1.165, 1.54) is 12.1 Å². The second-order valence-electron chi connectivity index (χ2n) is 5.12. The van der Waals surface area contributed by atoms with E-state index in [-0.39, 0.29) is 11.6 Å². The Bertz CT molecular complexity index is 583. The summed E-state index contributed by atoms with van der Waals surface area (Å²) in [5, 5.41) is 3.11. The summed E-state index contributed by atoms with van der Waals surface area (Å²) in [7, 11) is -2.46. The summed E-state index contributed by atoms with van der Waals surface area (Å²) in [5.74, 6) is -0.866. The fourth-order valence-electron chi connectivity index (χ4n) is 2.51. The van der Waals surface area contributed by atoms with E-state index in [9.17, 15) is 12.8 Å². The third-order valence-electron chi connectivity index (χ3n) is 3.54. The molecule has 5 nitrogen and oxygen atoms in total. The van der Waals surface area contributed by atoms with E-state index in [2.05, 4.69) is 10.0 Å². The van der Waals surface area contributed by atoms with Gasteiger partial charge in [-0.05, 0) is 31.5 Å². The van der Waals surface area contributed by atoms with Crippen molar-refractivity contribution in [3.8, 4) is 0 Å². The lowest BCUT2D eigenvalue weighted by molar-refractivity contribution is 0.122. The van der Waals surface area contributed by atoms with Gasteiger partial charge in [0, 0.05) is 13.7 Å². The van der Waals surface area contributed by atoms with E-state index < -0.39 is 26.3 Å². The molecule has 0 amide bonds. The molecule has 1 atom stereocenters. The molecule has 1 aliphatic heterocycles. The third kappa shape index (κ3) is 3.73. The van der Waals surface area contributed by atoms with E-state index >= 15 is 0 Å². The predicted molar refractivity (Wildman–Crippen MR) is 78.4 cm³/mol. The summed E-state index contributed by atoms with van der Waals surface area (Å²) in [4.78, 5) is -0.516. The molecule has 1 unspecified atom stereocenters. The van der Waals surface area contributed by atoms with Crippen molar-refractivity contribution in [1.82, 2.24) is 10.0 Å². The molecule has 0 spiro atoms. The van der Waals surface area contributed by atoms with Crippen LogP contribution >= 0.6 is 11.6 Å². The van der Waals surface area contributed by atoms with E-state index in [1.807, 2.05) is 0 Å². The van der Waals surface area contributed by atoms with Gasteiger partial charge in [0.05, 0.1) is 17.2 Å². The Morgan fingerprint density at radius 2 is 2.29 bits per heavy atom. The first-order chi connectivity index (χ1) is 9.90. The lowest BCUT2D eigenvalue weighted by Crippen LogP contribution is -2.53. The average Bonchev–Trinajstić information content (AvgIpc) is 2.86. The summed E-state index contributed by atoms with van der Waals surface area (Å²) in [6.07, 6.45) is 1.72. The van der Waals surface area contributed by atoms with Gasteiger partial charge in [-0.3, -0.25) is 0 Å². The van der Waals surface area contributed by atoms with Gasteiger partial charge in [0.2, 0.25) is 10.0 Å². The summed E-state index contributed by atoms with van der Waals surface area (Å²) >= 11 is 5.81. The van der Waals surface area contributed by atoms with Gasteiger partial charge < -0.3 is 10.1 Å². The number of methoxy groups -OCH3 is 1. The molecular weight excluding hydrogens is 319 g/mol. The van der Waals surface area contributed by atoms with Crippen molar-refractivity contribution in [3.63, 3.8) is 0 Å². The highest BCUT2D eigenvalue weighted by molar-refractivity contribution is 7.89. The third-order valence-corrected chi connectivity index (χ3v) is 5.44. The zero-order valence-electron chi connectivity index (χ0n) is 11.7. The van der Waals surface area contributed by atoms with Gasteiger partial charge in [0.25, 0.3) is 0 Å². The number of nitrogens with one attached hydrogen (secondary N) is 2. The molecule has 0 aromatic heterocycles. The van der Waals surface area contributed by atoms with E-state index in [0.717, 1.165) is 25.5 Å². The van der Waals surface area contributed by atoms with Gasteiger partial charge in [-0.15, -0.1) is 0 Å². The van der Waals surface area contributed by atoms with Crippen LogP contribution in [-0.2, 0) is 14.8 Å². The molecule has 118 valence electrons. The quantitative estimate of drug-likeness (QED) is 0.826. The number of halogens is 2. The number of benzene rings is 1. The molecule has 2 rings (SSSR count). The van der Waals surface area contributed by atoms with Crippen LogP contribution in [0.25, 0.3) is 0 Å². The highest BCUT2D eigenvalue weighted by Gasteiger charge is 2.35. The van der Waals surface area contributed by atoms with Crippen molar-refractivity contribution in [1.29, 1.82) is 0 Å². The molecule has 1 heterocycles. The predicted octanol–water partition coefficient (Wildman–Crippen LogP) is 1.53. The molecule has 0 radical (unpaired) electrons. The highest BCUT2D eigenvalue weighted by atomic mass is 35.5. The standard InChI is InChI=1S/C13H18ClFN2O3S/c1-20-9-13(6-3-7-16-13)8-17-21(18,19)12-10(14)4-2-5-11(12)15/h2,4-5,16-17H,3,6-9H2,1H3. The topological polar surface area (TPSA) is 67.4 Å². The van der Waals surface area contributed by atoms with Gasteiger partial charge in [0.15, 0.2) is 0 Å². The second kappa shape index (κ2) is 6.58. The maximum absolute atomic E-state index is 13.7. The first kappa shape index (κ1) is 16.6. The van der Waals surface area contributed by atoms with Crippen molar-refractivity contribution in [2.24, 2.45) is 0 Å². The van der Waals surface area contributed by atoms with Gasteiger partial charge in [-0.25, -0.2) is 17.5 Å². The van der Waals surface area contributed by atoms with E-state index in [4.69, 9.17) is 16.3 Å². The van der Waals surface area contributed by atoms with Crippen LogP contribution in [0.4, 0.5) is 4.39 Å². The molecule has 1 aromatic rings. The van der Waals surface area contributed by atoms with Crippen LogP contribution in [0, 0.1) is 5.82 Å². The average molecular weight is 337 g/mol. The Morgan fingerprint density at radius 3 is 2.86 bits per heavy atom. The minimum absolute atomic E-state index is 0.119. The number of sulfonamides is 1. The Kier molecular flexibility index (Phi) is 5.21. The molecule has 0 saturated carbocycles. The van der Waals surface area contributed by atoms with Crippen molar-refractivity contribution in [2.75, 3.05) is 26.8 Å². The number of hydrogen-bond donors (Lipinski definition) is 2. The van der Waals surface area contributed by atoms with Crippen LogP contribution in [0.5, 0.6) is 0 Å². The van der Waals surface area contributed by atoms with E-state index in [1.54, 1.807) is 7.11 Å². The molecule has 1 fully saturated rings. The first-order valence-electron chi connectivity index (χ1n) is 6.58. The summed E-state index contributed by atoms with van der Waals surface area (Å²) in [6.45, 7) is 1.29. The fourth-order valence-corrected chi connectivity index (χ4v) is 4.24. The molecule has 1 aromatic carbocycles. The molecule has 0 aliphatic carbocycles. The zero-order chi connectivity index (χ0) is 15.5. The number of ether oxygens (including phenoxy) is 1. The summed E-state index contributed by atoms with van der Waals surface area (Å²) in [5.41, 5.74) is -0.459. The minimum Gasteiger partial charge on any atom is -0.383 e. The van der Waals surface area contributed by atoms with Crippen LogP contribution < -0.4 is 10.0 Å². The van der Waals surface area contributed by atoms with Gasteiger partial charge in [-0.1, -0.05) is 17.7 Å². The van der Waals surface area contributed by atoms with Crippen LogP contribution in [0.1, 0.15) is 12.8 Å². The number of hydrogen-bond acceptors (Lipinski definition) is 4. The van der Waals surface area contributed by atoms with Gasteiger partial charge >= 0.3 is 0 Å². The molecule has 1 saturated heterocycles. The van der Waals surface area contributed by atoms with Crippen LogP contribution in [0.3, 0.4) is 0 Å². The SMILES string of the molecule is COCC1(CNS(=O)(=O)c2c(F)cccc2Cl)CCCN1. The number of rotatable bonds is 6. The van der Waals surface area contributed by atoms with Crippen molar-refractivity contribution in [3.05, 3.63) is 29.0 Å². The van der Waals surface area contributed by atoms with Crippen LogP contribution in [0.2, 0.25) is 5.02 Å². The largest absolute Gasteiger partial charge is 0.383 e. The Balaban J connectivity index is 2.18. The summed E-state index contributed by atoms with van der Waals surface area (Å²) in [6, 6.07) is 3.78. The van der Waals surface area contributed by atoms with Gasteiger partial charge in [0.1, 0.15) is 10.7 Å². The highest BCUT2D eigenvalue weighted by Crippen LogP contribution is 2.25. The monoisotopic (exact) mass is 336 g/mol. The molecule has 21 heavy (non-hydrogen) atoms. The maximum atomic E-state index is 13.7.